The van der Waals surface area contributed by atoms with Crippen LogP contribution in [-0.2, 0) is 11.8 Å². The molecule has 128 valence electrons. The van der Waals surface area contributed by atoms with Crippen molar-refractivity contribution in [1.29, 1.82) is 0 Å². The third kappa shape index (κ3) is 4.43. The van der Waals surface area contributed by atoms with E-state index in [-0.39, 0.29) is 11.7 Å². The first kappa shape index (κ1) is 17.6. The van der Waals surface area contributed by atoms with Crippen molar-refractivity contribution < 1.29 is 9.18 Å². The number of aryl methyl sites for hydroxylation is 1. The summed E-state index contributed by atoms with van der Waals surface area (Å²) in [7, 11) is 1.83. The number of hydrogen-bond acceptors (Lipinski definition) is 3. The molecule has 0 bridgehead atoms. The van der Waals surface area contributed by atoms with E-state index in [4.69, 9.17) is 0 Å². The number of nitrogens with one attached hydrogen (secondary N) is 1. The van der Waals surface area contributed by atoms with Gasteiger partial charge in [-0.3, -0.25) is 4.79 Å². The van der Waals surface area contributed by atoms with E-state index >= 15 is 0 Å². The maximum atomic E-state index is 13.6. The summed E-state index contributed by atoms with van der Waals surface area (Å²) in [6.45, 7) is 0. The van der Waals surface area contributed by atoms with Crippen molar-refractivity contribution in [1.82, 2.24) is 14.9 Å². The molecule has 3 aromatic rings. The van der Waals surface area contributed by atoms with E-state index in [0.717, 1.165) is 8.66 Å². The van der Waals surface area contributed by atoms with Gasteiger partial charge in [0.1, 0.15) is 17.7 Å². The highest BCUT2D eigenvalue weighted by Gasteiger charge is 2.20. The van der Waals surface area contributed by atoms with Crippen molar-refractivity contribution in [3.05, 3.63) is 80.7 Å². The molecule has 0 aliphatic rings. The predicted molar refractivity (Wildman–Crippen MR) is 101 cm³/mol. The zero-order valence-corrected chi connectivity index (χ0v) is 15.7. The number of carbonyl (C=O) groups is 1. The van der Waals surface area contributed by atoms with Crippen LogP contribution < -0.4 is 5.32 Å². The van der Waals surface area contributed by atoms with Crippen LogP contribution in [0.15, 0.2) is 58.7 Å². The van der Waals surface area contributed by atoms with Gasteiger partial charge in [-0.2, -0.15) is 0 Å². The Morgan fingerprint density at radius 1 is 1.40 bits per heavy atom. The molecule has 1 aromatic carbocycles. The Labute approximate surface area is 157 Å². The lowest BCUT2D eigenvalue weighted by Gasteiger charge is -2.18. The molecule has 1 atom stereocenters. The number of hydrogen-bond donors (Lipinski definition) is 1. The van der Waals surface area contributed by atoms with Gasteiger partial charge in [-0.1, -0.05) is 12.1 Å². The minimum absolute atomic E-state index is 0.276. The van der Waals surface area contributed by atoms with E-state index in [9.17, 15) is 9.18 Å². The molecule has 1 unspecified atom stereocenters. The molecular weight excluding hydrogens is 405 g/mol. The molecule has 2 aromatic heterocycles. The second-order valence-corrected chi connectivity index (χ2v) is 7.86. The summed E-state index contributed by atoms with van der Waals surface area (Å²) in [6, 6.07) is 9.46. The van der Waals surface area contributed by atoms with Gasteiger partial charge in [0.15, 0.2) is 0 Å². The Morgan fingerprint density at radius 3 is 2.88 bits per heavy atom. The molecule has 1 amide bonds. The van der Waals surface area contributed by atoms with E-state index in [1.54, 1.807) is 35.2 Å². The van der Waals surface area contributed by atoms with E-state index in [1.807, 2.05) is 19.2 Å². The highest BCUT2D eigenvalue weighted by molar-refractivity contribution is 9.11. The molecule has 7 heteroatoms. The minimum Gasteiger partial charge on any atom is -0.339 e. The Kier molecular flexibility index (Phi) is 5.45. The number of benzene rings is 1. The molecule has 25 heavy (non-hydrogen) atoms. The van der Waals surface area contributed by atoms with Gasteiger partial charge >= 0.3 is 0 Å². The van der Waals surface area contributed by atoms with E-state index in [0.29, 0.717) is 11.4 Å². The summed E-state index contributed by atoms with van der Waals surface area (Å²) in [6.07, 6.45) is 6.64. The Hall–Kier alpha value is -2.25. The first-order valence-electron chi connectivity index (χ1n) is 7.49. The van der Waals surface area contributed by atoms with Crippen LogP contribution >= 0.6 is 27.3 Å². The van der Waals surface area contributed by atoms with Crippen molar-refractivity contribution in [3.63, 3.8) is 0 Å². The standard InChI is InChI=1S/C18H15BrFN3OS/c1-23-10-9-21-18(23)17(12-3-2-4-13(20)11-12)22-16(24)8-6-14-5-7-15(19)25-14/h2-11,17H,1H3,(H,22,24)/b8-6+. The fourth-order valence-electron chi connectivity index (χ4n) is 2.40. The van der Waals surface area contributed by atoms with Crippen LogP contribution in [0.25, 0.3) is 6.08 Å². The van der Waals surface area contributed by atoms with Crippen LogP contribution in [0.2, 0.25) is 0 Å². The van der Waals surface area contributed by atoms with E-state index in [2.05, 4.69) is 26.2 Å². The lowest BCUT2D eigenvalue weighted by atomic mass is 10.1. The third-order valence-electron chi connectivity index (χ3n) is 3.58. The smallest absolute Gasteiger partial charge is 0.244 e. The SMILES string of the molecule is Cn1ccnc1C(NC(=O)/C=C/c1ccc(Br)s1)c1cccc(F)c1. The molecule has 0 spiro atoms. The lowest BCUT2D eigenvalue weighted by molar-refractivity contribution is -0.117. The van der Waals surface area contributed by atoms with Gasteiger partial charge < -0.3 is 9.88 Å². The van der Waals surface area contributed by atoms with Crippen LogP contribution in [0.3, 0.4) is 0 Å². The fraction of sp³-hybridized carbons (Fsp3) is 0.111. The number of thiophene rings is 1. The maximum Gasteiger partial charge on any atom is 0.244 e. The molecule has 0 saturated carbocycles. The van der Waals surface area contributed by atoms with Crippen molar-refractivity contribution in [2.24, 2.45) is 7.05 Å². The Balaban J connectivity index is 1.84. The van der Waals surface area contributed by atoms with Crippen molar-refractivity contribution >= 4 is 39.2 Å². The number of aromatic nitrogens is 2. The van der Waals surface area contributed by atoms with E-state index < -0.39 is 6.04 Å². The first-order chi connectivity index (χ1) is 12.0. The van der Waals surface area contributed by atoms with Crippen LogP contribution in [0.1, 0.15) is 22.3 Å². The molecule has 1 N–H and O–H groups in total. The zero-order valence-electron chi connectivity index (χ0n) is 13.3. The summed E-state index contributed by atoms with van der Waals surface area (Å²) >= 11 is 4.92. The maximum absolute atomic E-state index is 13.6. The van der Waals surface area contributed by atoms with Crippen molar-refractivity contribution in [2.45, 2.75) is 6.04 Å². The van der Waals surface area contributed by atoms with Gasteiger partial charge in [-0.05, 0) is 51.8 Å². The summed E-state index contributed by atoms with van der Waals surface area (Å²) < 4.78 is 16.4. The molecule has 0 aliphatic carbocycles. The normalized spacial score (nSPS) is 12.4. The molecule has 0 saturated heterocycles. The molecule has 2 heterocycles. The number of halogens is 2. The molecule has 0 aliphatic heterocycles. The number of nitrogens with zero attached hydrogens (tertiary/aromatic N) is 2. The van der Waals surface area contributed by atoms with Crippen LogP contribution in [-0.4, -0.2) is 15.5 Å². The van der Waals surface area contributed by atoms with Gasteiger partial charge in [0, 0.05) is 30.4 Å². The van der Waals surface area contributed by atoms with Gasteiger partial charge in [0.25, 0.3) is 0 Å². The monoisotopic (exact) mass is 419 g/mol. The fourth-order valence-corrected chi connectivity index (χ4v) is 3.73. The summed E-state index contributed by atoms with van der Waals surface area (Å²) in [4.78, 5) is 17.6. The lowest BCUT2D eigenvalue weighted by Crippen LogP contribution is -2.29. The topological polar surface area (TPSA) is 46.9 Å². The largest absolute Gasteiger partial charge is 0.339 e. The molecule has 0 fully saturated rings. The number of amides is 1. The first-order valence-corrected chi connectivity index (χ1v) is 9.10. The van der Waals surface area contributed by atoms with Crippen molar-refractivity contribution in [2.75, 3.05) is 0 Å². The predicted octanol–water partition coefficient (Wildman–Crippen LogP) is 4.30. The summed E-state index contributed by atoms with van der Waals surface area (Å²) in [5.74, 6) is -0.00191. The van der Waals surface area contributed by atoms with Crippen LogP contribution in [0, 0.1) is 5.82 Å². The molecular formula is C18H15BrFN3OS. The summed E-state index contributed by atoms with van der Waals surface area (Å²) in [5, 5.41) is 2.90. The average Bonchev–Trinajstić information content (AvgIpc) is 3.19. The van der Waals surface area contributed by atoms with Gasteiger partial charge in [-0.15, -0.1) is 11.3 Å². The van der Waals surface area contributed by atoms with Gasteiger partial charge in [0.2, 0.25) is 5.91 Å². The van der Waals surface area contributed by atoms with Crippen molar-refractivity contribution in [3.8, 4) is 0 Å². The number of imidazole rings is 1. The van der Waals surface area contributed by atoms with Crippen LogP contribution in [0.4, 0.5) is 4.39 Å². The minimum atomic E-state index is -0.539. The summed E-state index contributed by atoms with van der Waals surface area (Å²) in [5.41, 5.74) is 0.634. The van der Waals surface area contributed by atoms with Gasteiger partial charge in [0.05, 0.1) is 3.79 Å². The highest BCUT2D eigenvalue weighted by Crippen LogP contribution is 2.24. The van der Waals surface area contributed by atoms with Crippen LogP contribution in [0.5, 0.6) is 0 Å². The molecule has 3 rings (SSSR count). The zero-order chi connectivity index (χ0) is 17.8. The number of carbonyl (C=O) groups excluding carboxylic acids is 1. The second kappa shape index (κ2) is 7.76. The Morgan fingerprint density at radius 2 is 2.24 bits per heavy atom. The Bertz CT molecular complexity index is 918. The quantitative estimate of drug-likeness (QED) is 0.626. The highest BCUT2D eigenvalue weighted by atomic mass is 79.9. The number of rotatable bonds is 5. The average molecular weight is 420 g/mol. The molecule has 0 radical (unpaired) electrons. The third-order valence-corrected chi connectivity index (χ3v) is 5.17. The molecule has 4 nitrogen and oxygen atoms in total. The van der Waals surface area contributed by atoms with Gasteiger partial charge in [-0.25, -0.2) is 9.37 Å². The second-order valence-electron chi connectivity index (χ2n) is 5.37. The van der Waals surface area contributed by atoms with E-state index in [1.165, 1.54) is 29.5 Å².